The van der Waals surface area contributed by atoms with E-state index in [1.54, 1.807) is 12.1 Å². The van der Waals surface area contributed by atoms with Crippen molar-refractivity contribution < 1.29 is 14.6 Å². The van der Waals surface area contributed by atoms with Crippen LogP contribution in [-0.2, 0) is 4.74 Å². The number of nitrogens with zero attached hydrogens (tertiary/aromatic N) is 1. The maximum Gasteiger partial charge on any atom is 0.356 e. The van der Waals surface area contributed by atoms with Gasteiger partial charge in [0.15, 0.2) is 5.69 Å². The molecule has 0 radical (unpaired) electrons. The second kappa shape index (κ2) is 7.68. The van der Waals surface area contributed by atoms with E-state index in [2.05, 4.69) is 16.9 Å². The molecule has 0 atom stereocenters. The highest BCUT2D eigenvalue weighted by Gasteiger charge is 2.10. The van der Waals surface area contributed by atoms with E-state index in [1.807, 2.05) is 0 Å². The molecule has 1 rings (SSSR count). The summed E-state index contributed by atoms with van der Waals surface area (Å²) in [5, 5.41) is 11.9. The average molecular weight is 271 g/mol. The fourth-order valence-electron chi connectivity index (χ4n) is 1.21. The Labute approximate surface area is 110 Å². The Morgan fingerprint density at radius 3 is 3.00 bits per heavy atom. The van der Waals surface area contributed by atoms with Gasteiger partial charge in [0, 0.05) is 6.54 Å². The van der Waals surface area contributed by atoms with Crippen LogP contribution in [0.3, 0.4) is 0 Å². The van der Waals surface area contributed by atoms with E-state index >= 15 is 0 Å². The van der Waals surface area contributed by atoms with Crippen LogP contribution in [0.2, 0.25) is 5.02 Å². The molecule has 0 spiro atoms. The summed E-state index contributed by atoms with van der Waals surface area (Å²) >= 11 is 5.70. The molecule has 1 heterocycles. The predicted octanol–water partition coefficient (Wildman–Crippen LogP) is 2.44. The maximum atomic E-state index is 10.8. The lowest BCUT2D eigenvalue weighted by molar-refractivity contribution is 0.0691. The minimum Gasteiger partial charge on any atom is -0.476 e. The first-order valence-corrected chi connectivity index (χ1v) is 5.85. The van der Waals surface area contributed by atoms with Crippen LogP contribution in [-0.4, -0.2) is 35.8 Å². The van der Waals surface area contributed by atoms with Gasteiger partial charge in [0.05, 0.1) is 18.2 Å². The molecular formula is C12H15ClN2O3. The molecular weight excluding hydrogens is 256 g/mol. The van der Waals surface area contributed by atoms with Crippen LogP contribution in [0.1, 0.15) is 16.9 Å². The van der Waals surface area contributed by atoms with E-state index in [0.717, 1.165) is 6.42 Å². The number of aromatic nitrogens is 1. The molecule has 98 valence electrons. The van der Waals surface area contributed by atoms with Gasteiger partial charge in [-0.3, -0.25) is 0 Å². The molecule has 0 saturated heterocycles. The normalized spacial score (nSPS) is 10.1. The van der Waals surface area contributed by atoms with Crippen molar-refractivity contribution in [3.8, 4) is 0 Å². The number of carboxylic acids is 1. The Kier molecular flexibility index (Phi) is 6.18. The van der Waals surface area contributed by atoms with Crippen molar-refractivity contribution in [3.05, 3.63) is 35.5 Å². The quantitative estimate of drug-likeness (QED) is 0.561. The van der Waals surface area contributed by atoms with Gasteiger partial charge >= 0.3 is 5.97 Å². The Morgan fingerprint density at radius 1 is 1.56 bits per heavy atom. The van der Waals surface area contributed by atoms with Gasteiger partial charge in [-0.2, -0.15) is 0 Å². The van der Waals surface area contributed by atoms with E-state index < -0.39 is 5.97 Å². The van der Waals surface area contributed by atoms with Crippen LogP contribution in [0.25, 0.3) is 0 Å². The fraction of sp³-hybridized carbons (Fsp3) is 0.333. The van der Waals surface area contributed by atoms with Crippen LogP contribution < -0.4 is 5.32 Å². The predicted molar refractivity (Wildman–Crippen MR) is 70.3 cm³/mol. The van der Waals surface area contributed by atoms with Crippen molar-refractivity contribution in [2.45, 2.75) is 6.42 Å². The molecule has 1 aromatic heterocycles. The molecule has 0 aliphatic carbocycles. The number of anilines is 1. The molecule has 0 aliphatic rings. The molecule has 0 bridgehead atoms. The lowest BCUT2D eigenvalue weighted by Gasteiger charge is -2.07. The molecule has 0 aliphatic heterocycles. The van der Waals surface area contributed by atoms with Gasteiger partial charge in [-0.25, -0.2) is 9.78 Å². The summed E-state index contributed by atoms with van der Waals surface area (Å²) in [7, 11) is 0. The number of carbonyl (C=O) groups is 1. The first-order chi connectivity index (χ1) is 8.65. The number of aromatic carboxylic acids is 1. The van der Waals surface area contributed by atoms with Gasteiger partial charge in [-0.1, -0.05) is 17.7 Å². The lowest BCUT2D eigenvalue weighted by Crippen LogP contribution is -2.12. The van der Waals surface area contributed by atoms with Gasteiger partial charge < -0.3 is 15.2 Å². The summed E-state index contributed by atoms with van der Waals surface area (Å²) in [5.41, 5.74) is -0.158. The largest absolute Gasteiger partial charge is 0.476 e. The number of pyridine rings is 1. The van der Waals surface area contributed by atoms with Crippen LogP contribution in [0.5, 0.6) is 0 Å². The number of hydrogen-bond donors (Lipinski definition) is 2. The fourth-order valence-corrected chi connectivity index (χ4v) is 1.40. The number of nitrogens with one attached hydrogen (secondary N) is 1. The molecule has 0 amide bonds. The highest BCUT2D eigenvalue weighted by atomic mass is 35.5. The van der Waals surface area contributed by atoms with Crippen molar-refractivity contribution >= 4 is 23.4 Å². The van der Waals surface area contributed by atoms with Crippen LogP contribution in [0.15, 0.2) is 24.8 Å². The van der Waals surface area contributed by atoms with E-state index in [9.17, 15) is 4.79 Å². The summed E-state index contributed by atoms with van der Waals surface area (Å²) in [4.78, 5) is 14.7. The zero-order chi connectivity index (χ0) is 13.4. The second-order valence-electron chi connectivity index (χ2n) is 3.45. The molecule has 0 fully saturated rings. The Morgan fingerprint density at radius 2 is 2.33 bits per heavy atom. The molecule has 2 N–H and O–H groups in total. The van der Waals surface area contributed by atoms with Crippen LogP contribution in [0.4, 0.5) is 5.82 Å². The molecule has 6 heteroatoms. The van der Waals surface area contributed by atoms with Crippen molar-refractivity contribution in [1.29, 1.82) is 0 Å². The van der Waals surface area contributed by atoms with Gasteiger partial charge in [-0.05, 0) is 18.6 Å². The van der Waals surface area contributed by atoms with Crippen LogP contribution in [0, 0.1) is 0 Å². The number of carboxylic acid groups (broad SMARTS) is 1. The van der Waals surface area contributed by atoms with Crippen molar-refractivity contribution in [2.24, 2.45) is 0 Å². The SMILES string of the molecule is C=CCCOCCNc1ccc(Cl)c(C(=O)O)n1. The van der Waals surface area contributed by atoms with E-state index in [4.69, 9.17) is 21.4 Å². The Hall–Kier alpha value is -1.59. The number of rotatable bonds is 8. The Balaban J connectivity index is 2.41. The van der Waals surface area contributed by atoms with Gasteiger partial charge in [0.2, 0.25) is 0 Å². The smallest absolute Gasteiger partial charge is 0.356 e. The van der Waals surface area contributed by atoms with Crippen LogP contribution >= 0.6 is 11.6 Å². The standard InChI is InChI=1S/C12H15ClN2O3/c1-2-3-7-18-8-6-14-10-5-4-9(13)11(15-10)12(16)17/h2,4-5H,1,3,6-8H2,(H,14,15)(H,16,17). The van der Waals surface area contributed by atoms with Crippen molar-refractivity contribution in [1.82, 2.24) is 4.98 Å². The van der Waals surface area contributed by atoms with E-state index in [0.29, 0.717) is 25.6 Å². The van der Waals surface area contributed by atoms with E-state index in [1.165, 1.54) is 6.07 Å². The van der Waals surface area contributed by atoms with Gasteiger partial charge in [-0.15, -0.1) is 6.58 Å². The summed E-state index contributed by atoms with van der Waals surface area (Å²) in [6, 6.07) is 3.12. The maximum absolute atomic E-state index is 10.8. The van der Waals surface area contributed by atoms with Crippen molar-refractivity contribution in [2.75, 3.05) is 25.1 Å². The minimum absolute atomic E-state index is 0.121. The highest BCUT2D eigenvalue weighted by molar-refractivity contribution is 6.33. The zero-order valence-electron chi connectivity index (χ0n) is 9.86. The molecule has 0 unspecified atom stereocenters. The lowest BCUT2D eigenvalue weighted by atomic mass is 10.3. The molecule has 18 heavy (non-hydrogen) atoms. The molecule has 1 aromatic rings. The van der Waals surface area contributed by atoms with Crippen molar-refractivity contribution in [3.63, 3.8) is 0 Å². The number of halogens is 1. The summed E-state index contributed by atoms with van der Waals surface area (Å²) in [6.45, 7) is 5.27. The van der Waals surface area contributed by atoms with Gasteiger partial charge in [0.25, 0.3) is 0 Å². The number of ether oxygens (including phenoxy) is 1. The van der Waals surface area contributed by atoms with Gasteiger partial charge in [0.1, 0.15) is 5.82 Å². The third-order valence-corrected chi connectivity index (χ3v) is 2.37. The summed E-state index contributed by atoms with van der Waals surface area (Å²) in [5.74, 6) is -0.685. The molecule has 0 aromatic carbocycles. The number of hydrogen-bond acceptors (Lipinski definition) is 4. The summed E-state index contributed by atoms with van der Waals surface area (Å²) in [6.07, 6.45) is 2.59. The third-order valence-electron chi connectivity index (χ3n) is 2.07. The Bertz CT molecular complexity index is 424. The molecule has 5 nitrogen and oxygen atoms in total. The van der Waals surface area contributed by atoms with E-state index in [-0.39, 0.29) is 10.7 Å². The highest BCUT2D eigenvalue weighted by Crippen LogP contribution is 2.16. The molecule has 0 saturated carbocycles. The first kappa shape index (κ1) is 14.5. The second-order valence-corrected chi connectivity index (χ2v) is 3.86. The topological polar surface area (TPSA) is 71.5 Å². The third kappa shape index (κ3) is 4.73. The average Bonchev–Trinajstić information content (AvgIpc) is 2.35. The minimum atomic E-state index is -1.15. The summed E-state index contributed by atoms with van der Waals surface area (Å²) < 4.78 is 5.29. The zero-order valence-corrected chi connectivity index (χ0v) is 10.6. The monoisotopic (exact) mass is 270 g/mol. The first-order valence-electron chi connectivity index (χ1n) is 5.47.